The topological polar surface area (TPSA) is 115 Å². The Morgan fingerprint density at radius 2 is 2.25 bits per heavy atom. The molecule has 1 aromatic carbocycles. The molecule has 0 atom stereocenters. The molecule has 0 saturated carbocycles. The standard InChI is InChI=1S/C16H13BrN6O3S2/c1-22-15(10-3-2-4-11(17)7-10)20-21-16(22)27-9-13(24)19-18-8-12-5-6-14(28-12)23(25)26/h2-8H,9H2,1H3,(H,19,24)/b18-8-. The molecule has 0 fully saturated rings. The SMILES string of the molecule is Cn1c(SCC(=O)N/N=C\c2ccc([N+](=O)[O-])s2)nnc1-c1cccc(Br)c1. The van der Waals surface area contributed by atoms with E-state index < -0.39 is 4.92 Å². The number of hydrogen-bond donors (Lipinski definition) is 1. The zero-order chi connectivity index (χ0) is 20.1. The first kappa shape index (κ1) is 20.2. The number of nitrogens with zero attached hydrogens (tertiary/aromatic N) is 5. The number of benzene rings is 1. The van der Waals surface area contributed by atoms with Gasteiger partial charge in [0.2, 0.25) is 0 Å². The van der Waals surface area contributed by atoms with Crippen molar-refractivity contribution in [2.24, 2.45) is 12.1 Å². The number of carbonyl (C=O) groups is 1. The van der Waals surface area contributed by atoms with E-state index in [4.69, 9.17) is 0 Å². The number of hydrazone groups is 1. The first-order valence-electron chi connectivity index (χ1n) is 7.78. The van der Waals surface area contributed by atoms with Gasteiger partial charge in [0.05, 0.1) is 21.8 Å². The molecule has 0 aliphatic carbocycles. The third-order valence-electron chi connectivity index (χ3n) is 3.42. The Bertz CT molecular complexity index is 1050. The summed E-state index contributed by atoms with van der Waals surface area (Å²) in [6.07, 6.45) is 1.37. The van der Waals surface area contributed by atoms with Gasteiger partial charge in [0.1, 0.15) is 0 Å². The molecular weight excluding hydrogens is 468 g/mol. The highest BCUT2D eigenvalue weighted by Gasteiger charge is 2.13. The van der Waals surface area contributed by atoms with E-state index in [0.29, 0.717) is 15.9 Å². The molecular formula is C16H13BrN6O3S2. The van der Waals surface area contributed by atoms with Gasteiger partial charge in [-0.3, -0.25) is 14.9 Å². The summed E-state index contributed by atoms with van der Waals surface area (Å²) >= 11 is 5.64. The minimum absolute atomic E-state index is 0.0202. The third kappa shape index (κ3) is 5.03. The molecule has 3 rings (SSSR count). The molecule has 0 bridgehead atoms. The molecule has 0 spiro atoms. The minimum Gasteiger partial charge on any atom is -0.305 e. The van der Waals surface area contributed by atoms with E-state index in [2.05, 4.69) is 36.7 Å². The van der Waals surface area contributed by atoms with Gasteiger partial charge in [-0.25, -0.2) is 5.43 Å². The molecule has 3 aromatic rings. The molecule has 0 aliphatic heterocycles. The van der Waals surface area contributed by atoms with Gasteiger partial charge in [0.15, 0.2) is 11.0 Å². The smallest absolute Gasteiger partial charge is 0.305 e. The number of thioether (sulfide) groups is 1. The fourth-order valence-corrected chi connectivity index (χ4v) is 3.96. The minimum atomic E-state index is -0.472. The van der Waals surface area contributed by atoms with Crippen molar-refractivity contribution in [3.8, 4) is 11.4 Å². The van der Waals surface area contributed by atoms with Gasteiger partial charge in [-0.15, -0.1) is 10.2 Å². The monoisotopic (exact) mass is 480 g/mol. The van der Waals surface area contributed by atoms with Gasteiger partial charge in [-0.1, -0.05) is 51.2 Å². The average Bonchev–Trinajstić information content (AvgIpc) is 3.27. The summed E-state index contributed by atoms with van der Waals surface area (Å²) in [4.78, 5) is 22.7. The number of aromatic nitrogens is 3. The second-order valence-electron chi connectivity index (χ2n) is 5.39. The molecule has 9 nitrogen and oxygen atoms in total. The molecule has 1 N–H and O–H groups in total. The third-order valence-corrected chi connectivity index (χ3v) is 5.91. The van der Waals surface area contributed by atoms with E-state index in [0.717, 1.165) is 21.4 Å². The summed E-state index contributed by atoms with van der Waals surface area (Å²) < 4.78 is 2.75. The van der Waals surface area contributed by atoms with E-state index >= 15 is 0 Å². The van der Waals surface area contributed by atoms with Gasteiger partial charge in [0, 0.05) is 23.2 Å². The molecule has 0 aliphatic rings. The highest BCUT2D eigenvalue weighted by Crippen LogP contribution is 2.25. The van der Waals surface area contributed by atoms with Crippen LogP contribution in [0.1, 0.15) is 4.88 Å². The van der Waals surface area contributed by atoms with E-state index in [1.54, 1.807) is 6.07 Å². The summed E-state index contributed by atoms with van der Waals surface area (Å²) in [5.74, 6) is 0.479. The molecule has 144 valence electrons. The highest BCUT2D eigenvalue weighted by molar-refractivity contribution is 9.10. The predicted molar refractivity (Wildman–Crippen MR) is 112 cm³/mol. The van der Waals surface area contributed by atoms with Gasteiger partial charge in [-0.05, 0) is 18.2 Å². The van der Waals surface area contributed by atoms with Gasteiger partial charge < -0.3 is 4.57 Å². The number of hydrogen-bond acceptors (Lipinski definition) is 8. The van der Waals surface area contributed by atoms with Crippen molar-refractivity contribution in [1.29, 1.82) is 0 Å². The van der Waals surface area contributed by atoms with Crippen LogP contribution in [0.3, 0.4) is 0 Å². The van der Waals surface area contributed by atoms with Crippen molar-refractivity contribution < 1.29 is 9.72 Å². The Labute approximate surface area is 176 Å². The number of amides is 1. The Morgan fingerprint density at radius 1 is 1.43 bits per heavy atom. The lowest BCUT2D eigenvalue weighted by Gasteiger charge is -2.04. The van der Waals surface area contributed by atoms with Gasteiger partial charge in [-0.2, -0.15) is 5.10 Å². The van der Waals surface area contributed by atoms with Crippen molar-refractivity contribution in [2.45, 2.75) is 5.16 Å². The maximum absolute atomic E-state index is 11.9. The lowest BCUT2D eigenvalue weighted by atomic mass is 10.2. The summed E-state index contributed by atoms with van der Waals surface area (Å²) in [5.41, 5.74) is 3.30. The normalized spacial score (nSPS) is 11.1. The van der Waals surface area contributed by atoms with Gasteiger partial charge >= 0.3 is 5.00 Å². The lowest BCUT2D eigenvalue weighted by Crippen LogP contribution is -2.19. The molecule has 12 heteroatoms. The van der Waals surface area contributed by atoms with Crippen LogP contribution >= 0.6 is 39.0 Å². The van der Waals surface area contributed by atoms with Crippen LogP contribution < -0.4 is 5.43 Å². The van der Waals surface area contributed by atoms with E-state index in [-0.39, 0.29) is 16.7 Å². The molecule has 1 amide bonds. The van der Waals surface area contributed by atoms with E-state index in [9.17, 15) is 14.9 Å². The van der Waals surface area contributed by atoms with Crippen LogP contribution in [-0.4, -0.2) is 37.6 Å². The van der Waals surface area contributed by atoms with Crippen molar-refractivity contribution in [2.75, 3.05) is 5.75 Å². The Balaban J connectivity index is 1.54. The molecule has 2 heterocycles. The number of nitrogens with one attached hydrogen (secondary N) is 1. The first-order chi connectivity index (χ1) is 13.4. The number of thiophene rings is 1. The van der Waals surface area contributed by atoms with Crippen LogP contribution in [0.2, 0.25) is 0 Å². The van der Waals surface area contributed by atoms with Crippen LogP contribution in [-0.2, 0) is 11.8 Å². The quantitative estimate of drug-likeness (QED) is 0.239. The lowest BCUT2D eigenvalue weighted by molar-refractivity contribution is -0.380. The highest BCUT2D eigenvalue weighted by atomic mass is 79.9. The van der Waals surface area contributed by atoms with E-state index in [1.807, 2.05) is 35.9 Å². The summed E-state index contributed by atoms with van der Waals surface area (Å²) in [6.45, 7) is 0. The largest absolute Gasteiger partial charge is 0.324 e. The maximum atomic E-state index is 11.9. The molecule has 0 radical (unpaired) electrons. The second-order valence-corrected chi connectivity index (χ2v) is 8.34. The predicted octanol–water partition coefficient (Wildman–Crippen LogP) is 3.46. The van der Waals surface area contributed by atoms with Crippen LogP contribution in [0.15, 0.2) is 51.1 Å². The fourth-order valence-electron chi connectivity index (χ4n) is 2.16. The molecule has 0 saturated heterocycles. The summed E-state index contributed by atoms with van der Waals surface area (Å²) in [7, 11) is 1.83. The average molecular weight is 481 g/mol. The summed E-state index contributed by atoms with van der Waals surface area (Å²) in [6, 6.07) is 10.7. The van der Waals surface area contributed by atoms with Gasteiger partial charge in [0.25, 0.3) is 5.91 Å². The van der Waals surface area contributed by atoms with Crippen molar-refractivity contribution in [3.05, 3.63) is 55.9 Å². The number of nitro groups is 1. The molecule has 0 unspecified atom stereocenters. The van der Waals surface area contributed by atoms with Crippen LogP contribution in [0.5, 0.6) is 0 Å². The van der Waals surface area contributed by atoms with Crippen LogP contribution in [0.25, 0.3) is 11.4 Å². The fraction of sp³-hybridized carbons (Fsp3) is 0.125. The zero-order valence-electron chi connectivity index (χ0n) is 14.4. The van der Waals surface area contributed by atoms with E-state index in [1.165, 1.54) is 24.0 Å². The Hall–Kier alpha value is -2.57. The Kier molecular flexibility index (Phi) is 6.54. The second kappa shape index (κ2) is 9.08. The summed E-state index contributed by atoms with van der Waals surface area (Å²) in [5, 5.41) is 23.4. The van der Waals surface area contributed by atoms with Crippen molar-refractivity contribution in [3.63, 3.8) is 0 Å². The van der Waals surface area contributed by atoms with Crippen LogP contribution in [0, 0.1) is 10.1 Å². The van der Waals surface area contributed by atoms with Crippen LogP contribution in [0.4, 0.5) is 5.00 Å². The number of halogens is 1. The number of carbonyl (C=O) groups excluding carboxylic acids is 1. The molecule has 28 heavy (non-hydrogen) atoms. The first-order valence-corrected chi connectivity index (χ1v) is 10.4. The van der Waals surface area contributed by atoms with Crippen molar-refractivity contribution >= 4 is 56.2 Å². The number of rotatable bonds is 7. The maximum Gasteiger partial charge on any atom is 0.324 e. The Morgan fingerprint density at radius 3 is 2.96 bits per heavy atom. The zero-order valence-corrected chi connectivity index (χ0v) is 17.6. The van der Waals surface area contributed by atoms with Crippen molar-refractivity contribution in [1.82, 2.24) is 20.2 Å². The molecule has 2 aromatic heterocycles.